The van der Waals surface area contributed by atoms with E-state index < -0.39 is 7.37 Å². The fraction of sp³-hybridized carbons (Fsp3) is 0.250. The number of hydrogen-bond acceptors (Lipinski definition) is 1. The molecule has 60 valence electrons. The molecule has 0 aliphatic heterocycles. The molecule has 2 nitrogen and oxygen atoms in total. The van der Waals surface area contributed by atoms with Crippen LogP contribution < -0.4 is 5.30 Å². The Bertz CT molecular complexity index is 301. The molecule has 0 saturated carbocycles. The Kier molecular flexibility index (Phi) is 2.17. The molecule has 1 aromatic carbocycles. The summed E-state index contributed by atoms with van der Waals surface area (Å²) < 4.78 is 11.2. The first-order valence-electron chi connectivity index (χ1n) is 3.38. The first-order valence-corrected chi connectivity index (χ1v) is 5.49. The molecular formula is C8H11O2P. The molecule has 0 heterocycles. The van der Waals surface area contributed by atoms with Gasteiger partial charge >= 0.3 is 0 Å². The van der Waals surface area contributed by atoms with Crippen molar-refractivity contribution in [3.8, 4) is 0 Å². The molecule has 1 atom stereocenters. The van der Waals surface area contributed by atoms with Crippen LogP contribution in [0.25, 0.3) is 0 Å². The van der Waals surface area contributed by atoms with E-state index in [4.69, 9.17) is 0 Å². The Labute approximate surface area is 66.3 Å². The van der Waals surface area contributed by atoms with Crippen LogP contribution >= 0.6 is 7.37 Å². The van der Waals surface area contributed by atoms with Gasteiger partial charge in [0, 0.05) is 12.0 Å². The predicted molar refractivity (Wildman–Crippen MR) is 46.6 cm³/mol. The lowest BCUT2D eigenvalue weighted by Gasteiger charge is -2.07. The van der Waals surface area contributed by atoms with Crippen LogP contribution in [0.15, 0.2) is 24.3 Å². The fourth-order valence-electron chi connectivity index (χ4n) is 1.03. The van der Waals surface area contributed by atoms with Crippen molar-refractivity contribution in [2.75, 3.05) is 6.66 Å². The molecule has 0 amide bonds. The highest BCUT2D eigenvalue weighted by Gasteiger charge is 2.14. The van der Waals surface area contributed by atoms with Crippen LogP contribution in [0, 0.1) is 6.92 Å². The van der Waals surface area contributed by atoms with Gasteiger partial charge < -0.3 is 4.89 Å². The average molecular weight is 170 g/mol. The van der Waals surface area contributed by atoms with Crippen LogP contribution in [0.4, 0.5) is 0 Å². The average Bonchev–Trinajstić information content (AvgIpc) is 1.86. The molecule has 0 aliphatic rings. The molecule has 1 aromatic rings. The predicted octanol–water partition coefficient (Wildman–Crippen LogP) is 1.52. The van der Waals surface area contributed by atoms with Crippen LogP contribution in [0.3, 0.4) is 0 Å². The van der Waals surface area contributed by atoms with E-state index in [9.17, 15) is 9.46 Å². The van der Waals surface area contributed by atoms with Crippen LogP contribution in [0.5, 0.6) is 0 Å². The first kappa shape index (κ1) is 8.51. The Morgan fingerprint density at radius 1 is 1.36 bits per heavy atom. The minimum absolute atomic E-state index is 0.556. The minimum atomic E-state index is -3.06. The van der Waals surface area contributed by atoms with Crippen LogP contribution in [0.2, 0.25) is 0 Å². The number of rotatable bonds is 1. The molecular weight excluding hydrogens is 159 g/mol. The third kappa shape index (κ3) is 1.92. The zero-order valence-corrected chi connectivity index (χ0v) is 7.51. The van der Waals surface area contributed by atoms with Crippen LogP contribution in [0.1, 0.15) is 5.56 Å². The van der Waals surface area contributed by atoms with Crippen LogP contribution in [-0.4, -0.2) is 11.6 Å². The van der Waals surface area contributed by atoms with Gasteiger partial charge in [-0.15, -0.1) is 0 Å². The van der Waals surface area contributed by atoms with E-state index in [0.29, 0.717) is 5.30 Å². The number of hydrogen-bond donors (Lipinski definition) is 1. The summed E-state index contributed by atoms with van der Waals surface area (Å²) in [7, 11) is -3.06. The van der Waals surface area contributed by atoms with E-state index >= 15 is 0 Å². The number of aryl methyl sites for hydroxylation is 1. The normalized spacial score (nSPS) is 15.9. The molecule has 11 heavy (non-hydrogen) atoms. The fourth-order valence-corrected chi connectivity index (χ4v) is 2.12. The maximum absolute atomic E-state index is 11.2. The highest BCUT2D eigenvalue weighted by Crippen LogP contribution is 2.34. The SMILES string of the molecule is Cc1ccccc1P(C)(=O)O. The minimum Gasteiger partial charge on any atom is -0.341 e. The molecule has 1 unspecified atom stereocenters. The summed E-state index contributed by atoms with van der Waals surface area (Å²) in [6.45, 7) is 3.19. The van der Waals surface area contributed by atoms with Gasteiger partial charge in [-0.25, -0.2) is 0 Å². The maximum Gasteiger partial charge on any atom is 0.226 e. The van der Waals surface area contributed by atoms with E-state index in [1.54, 1.807) is 12.1 Å². The second-order valence-corrected chi connectivity index (χ2v) is 4.91. The zero-order chi connectivity index (χ0) is 8.48. The summed E-state index contributed by atoms with van der Waals surface area (Å²) in [5.41, 5.74) is 0.876. The highest BCUT2D eigenvalue weighted by molar-refractivity contribution is 7.65. The van der Waals surface area contributed by atoms with Crippen molar-refractivity contribution >= 4 is 12.7 Å². The lowest BCUT2D eigenvalue weighted by atomic mass is 10.2. The lowest BCUT2D eigenvalue weighted by molar-refractivity contribution is 0.496. The Morgan fingerprint density at radius 2 is 1.91 bits per heavy atom. The molecule has 0 aromatic heterocycles. The van der Waals surface area contributed by atoms with E-state index in [1.807, 2.05) is 19.1 Å². The maximum atomic E-state index is 11.2. The van der Waals surface area contributed by atoms with Crippen LogP contribution in [-0.2, 0) is 4.57 Å². The highest BCUT2D eigenvalue weighted by atomic mass is 31.2. The molecule has 0 fully saturated rings. The van der Waals surface area contributed by atoms with Gasteiger partial charge in [0.2, 0.25) is 7.37 Å². The van der Waals surface area contributed by atoms with Gasteiger partial charge in [0.15, 0.2) is 0 Å². The van der Waals surface area contributed by atoms with E-state index in [0.717, 1.165) is 5.56 Å². The summed E-state index contributed by atoms with van der Waals surface area (Å²) in [6, 6.07) is 7.15. The third-order valence-electron chi connectivity index (χ3n) is 1.56. The van der Waals surface area contributed by atoms with Gasteiger partial charge in [0.05, 0.1) is 0 Å². The molecule has 0 saturated heterocycles. The van der Waals surface area contributed by atoms with E-state index in [-0.39, 0.29) is 0 Å². The van der Waals surface area contributed by atoms with Crippen molar-refractivity contribution in [1.82, 2.24) is 0 Å². The molecule has 3 heteroatoms. The Morgan fingerprint density at radius 3 is 2.27 bits per heavy atom. The van der Waals surface area contributed by atoms with Gasteiger partial charge in [-0.1, -0.05) is 18.2 Å². The van der Waals surface area contributed by atoms with Crippen molar-refractivity contribution in [2.24, 2.45) is 0 Å². The quantitative estimate of drug-likeness (QED) is 0.649. The molecule has 0 aliphatic carbocycles. The topological polar surface area (TPSA) is 37.3 Å². The molecule has 1 N–H and O–H groups in total. The molecule has 0 radical (unpaired) electrons. The van der Waals surface area contributed by atoms with Crippen molar-refractivity contribution < 1.29 is 9.46 Å². The van der Waals surface area contributed by atoms with Crippen molar-refractivity contribution in [1.29, 1.82) is 0 Å². The molecule has 0 spiro atoms. The zero-order valence-electron chi connectivity index (χ0n) is 6.61. The second kappa shape index (κ2) is 2.80. The summed E-state index contributed by atoms with van der Waals surface area (Å²) in [6.07, 6.45) is 0. The Balaban J connectivity index is 3.25. The number of benzene rings is 1. The van der Waals surface area contributed by atoms with E-state index in [2.05, 4.69) is 0 Å². The van der Waals surface area contributed by atoms with Gasteiger partial charge in [0.1, 0.15) is 0 Å². The second-order valence-electron chi connectivity index (χ2n) is 2.67. The van der Waals surface area contributed by atoms with Crippen molar-refractivity contribution in [3.05, 3.63) is 29.8 Å². The van der Waals surface area contributed by atoms with Gasteiger partial charge in [-0.3, -0.25) is 4.57 Å². The van der Waals surface area contributed by atoms with Gasteiger partial charge in [-0.05, 0) is 18.6 Å². The standard InChI is InChI=1S/C8H11O2P/c1-7-5-3-4-6-8(7)11(2,9)10/h3-6H,1-2H3,(H,9,10). The summed E-state index contributed by atoms with van der Waals surface area (Å²) >= 11 is 0. The van der Waals surface area contributed by atoms with Crippen molar-refractivity contribution in [2.45, 2.75) is 6.92 Å². The van der Waals surface area contributed by atoms with E-state index in [1.165, 1.54) is 6.66 Å². The lowest BCUT2D eigenvalue weighted by Crippen LogP contribution is -2.06. The largest absolute Gasteiger partial charge is 0.341 e. The molecule has 1 rings (SSSR count). The first-order chi connectivity index (χ1) is 5.02. The van der Waals surface area contributed by atoms with Gasteiger partial charge in [0.25, 0.3) is 0 Å². The Hall–Kier alpha value is -0.590. The third-order valence-corrected chi connectivity index (χ3v) is 2.96. The monoisotopic (exact) mass is 170 g/mol. The smallest absolute Gasteiger partial charge is 0.226 e. The molecule has 0 bridgehead atoms. The van der Waals surface area contributed by atoms with Gasteiger partial charge in [-0.2, -0.15) is 0 Å². The summed E-state index contributed by atoms with van der Waals surface area (Å²) in [4.78, 5) is 9.23. The summed E-state index contributed by atoms with van der Waals surface area (Å²) in [5, 5.41) is 0.556. The summed E-state index contributed by atoms with van der Waals surface area (Å²) in [5.74, 6) is 0. The van der Waals surface area contributed by atoms with Crippen molar-refractivity contribution in [3.63, 3.8) is 0 Å².